The van der Waals surface area contributed by atoms with Gasteiger partial charge in [0.25, 0.3) is 0 Å². The Morgan fingerprint density at radius 1 is 1.24 bits per heavy atom. The van der Waals surface area contributed by atoms with Gasteiger partial charge in [-0.25, -0.2) is 4.39 Å². The van der Waals surface area contributed by atoms with E-state index in [0.29, 0.717) is 9.35 Å². The molecule has 1 aromatic heterocycles. The van der Waals surface area contributed by atoms with E-state index in [-0.39, 0.29) is 10.6 Å². The Balaban J connectivity index is 2.17. The first-order chi connectivity index (χ1) is 9.91. The molecule has 21 heavy (non-hydrogen) atoms. The van der Waals surface area contributed by atoms with Crippen LogP contribution in [0.25, 0.3) is 10.1 Å². The predicted molar refractivity (Wildman–Crippen MR) is 89.6 cm³/mol. The number of benzene rings is 2. The van der Waals surface area contributed by atoms with Gasteiger partial charge in [-0.05, 0) is 46.4 Å². The Labute approximate surface area is 139 Å². The second-order valence-electron chi connectivity index (χ2n) is 4.94. The fraction of sp³-hybridized carbons (Fsp3) is 0.125. The summed E-state index contributed by atoms with van der Waals surface area (Å²) in [6.07, 6.45) is 0. The number of thiophene rings is 1. The molecule has 3 aromatic rings. The Morgan fingerprint density at radius 3 is 2.67 bits per heavy atom. The molecule has 3 rings (SSSR count). The van der Waals surface area contributed by atoms with Crippen molar-refractivity contribution >= 4 is 49.0 Å². The van der Waals surface area contributed by atoms with Crippen molar-refractivity contribution in [2.24, 2.45) is 0 Å². The number of aliphatic hydroxyl groups is 1. The zero-order chi connectivity index (χ0) is 15.2. The molecule has 1 atom stereocenters. The van der Waals surface area contributed by atoms with Crippen LogP contribution in [0.4, 0.5) is 4.39 Å². The molecule has 0 saturated carbocycles. The third-order valence-corrected chi connectivity index (χ3v) is 6.05. The quantitative estimate of drug-likeness (QED) is 0.560. The molecule has 1 unspecified atom stereocenters. The lowest BCUT2D eigenvalue weighted by molar-refractivity contribution is 0.102. The molecule has 2 aromatic carbocycles. The van der Waals surface area contributed by atoms with Crippen molar-refractivity contribution < 1.29 is 9.50 Å². The zero-order valence-electron chi connectivity index (χ0n) is 11.0. The summed E-state index contributed by atoms with van der Waals surface area (Å²) in [6, 6.07) is 12.9. The molecule has 0 aliphatic heterocycles. The van der Waals surface area contributed by atoms with Gasteiger partial charge in [0, 0.05) is 19.6 Å². The normalized spacial score (nSPS) is 14.3. The van der Waals surface area contributed by atoms with E-state index in [9.17, 15) is 9.50 Å². The molecule has 0 aliphatic carbocycles. The van der Waals surface area contributed by atoms with Crippen LogP contribution in [0.1, 0.15) is 17.4 Å². The number of rotatable bonds is 2. The third-order valence-electron chi connectivity index (χ3n) is 3.46. The summed E-state index contributed by atoms with van der Waals surface area (Å²) in [5.74, 6) is -0.603. The maximum Gasteiger partial charge on any atom is 0.149 e. The Morgan fingerprint density at radius 2 is 1.95 bits per heavy atom. The molecule has 1 N–H and O–H groups in total. The summed E-state index contributed by atoms with van der Waals surface area (Å²) in [7, 11) is 0. The second-order valence-corrected chi connectivity index (χ2v) is 7.26. The Bertz CT molecular complexity index is 795. The van der Waals surface area contributed by atoms with Crippen molar-refractivity contribution in [3.05, 3.63) is 68.2 Å². The van der Waals surface area contributed by atoms with Gasteiger partial charge < -0.3 is 5.11 Å². The van der Waals surface area contributed by atoms with Gasteiger partial charge >= 0.3 is 0 Å². The highest BCUT2D eigenvalue weighted by Gasteiger charge is 2.32. The van der Waals surface area contributed by atoms with Gasteiger partial charge in [-0.3, -0.25) is 0 Å². The average Bonchev–Trinajstić information content (AvgIpc) is 2.89. The van der Waals surface area contributed by atoms with Crippen LogP contribution in [0.15, 0.2) is 46.9 Å². The first kappa shape index (κ1) is 15.0. The molecule has 0 spiro atoms. The largest absolute Gasteiger partial charge is 0.380 e. The molecule has 5 heteroatoms. The van der Waals surface area contributed by atoms with Crippen LogP contribution < -0.4 is 0 Å². The van der Waals surface area contributed by atoms with Gasteiger partial charge in [-0.15, -0.1) is 11.3 Å². The van der Waals surface area contributed by atoms with E-state index in [4.69, 9.17) is 11.6 Å². The zero-order valence-corrected chi connectivity index (χ0v) is 14.2. The minimum absolute atomic E-state index is 0.0195. The van der Waals surface area contributed by atoms with E-state index in [1.807, 2.05) is 30.3 Å². The van der Waals surface area contributed by atoms with Crippen molar-refractivity contribution in [3.63, 3.8) is 0 Å². The van der Waals surface area contributed by atoms with E-state index >= 15 is 0 Å². The summed E-state index contributed by atoms with van der Waals surface area (Å²) in [5, 5.41) is 11.9. The summed E-state index contributed by atoms with van der Waals surface area (Å²) in [4.78, 5) is 0.681. The highest BCUT2D eigenvalue weighted by atomic mass is 79.9. The minimum atomic E-state index is -1.43. The van der Waals surface area contributed by atoms with Gasteiger partial charge in [0.15, 0.2) is 0 Å². The van der Waals surface area contributed by atoms with Crippen molar-refractivity contribution in [3.8, 4) is 0 Å². The highest BCUT2D eigenvalue weighted by molar-refractivity contribution is 9.10. The van der Waals surface area contributed by atoms with E-state index in [1.165, 1.54) is 11.3 Å². The lowest BCUT2D eigenvalue weighted by Crippen LogP contribution is -2.23. The lowest BCUT2D eigenvalue weighted by Gasteiger charge is -2.23. The molecule has 0 fully saturated rings. The number of fused-ring (bicyclic) bond motifs is 1. The summed E-state index contributed by atoms with van der Waals surface area (Å²) in [6.45, 7) is 1.58. The molecular weight excluding hydrogens is 375 g/mol. The number of hydrogen-bond acceptors (Lipinski definition) is 2. The maximum atomic E-state index is 14.4. The summed E-state index contributed by atoms with van der Waals surface area (Å²) < 4.78 is 15.9. The van der Waals surface area contributed by atoms with Gasteiger partial charge in [0.2, 0.25) is 0 Å². The smallest absolute Gasteiger partial charge is 0.149 e. The monoisotopic (exact) mass is 384 g/mol. The molecule has 108 valence electrons. The first-order valence-electron chi connectivity index (χ1n) is 6.26. The third kappa shape index (κ3) is 2.50. The summed E-state index contributed by atoms with van der Waals surface area (Å²) >= 11 is 10.6. The molecule has 1 nitrogen and oxygen atoms in total. The standard InChI is InChI=1S/C16H11BrClFOS/c1-16(20,10-6-7-11(17)14(18)15(10)19)13-8-9-4-2-3-5-12(9)21-13/h2-8,20H,1H3. The van der Waals surface area contributed by atoms with Crippen LogP contribution in [0.5, 0.6) is 0 Å². The first-order valence-corrected chi connectivity index (χ1v) is 8.25. The van der Waals surface area contributed by atoms with Crippen LogP contribution in [-0.4, -0.2) is 5.11 Å². The van der Waals surface area contributed by atoms with Crippen molar-refractivity contribution in [1.29, 1.82) is 0 Å². The van der Waals surface area contributed by atoms with Gasteiger partial charge in [0.05, 0.1) is 5.02 Å². The number of halogens is 3. The van der Waals surface area contributed by atoms with Crippen LogP contribution in [-0.2, 0) is 5.60 Å². The van der Waals surface area contributed by atoms with Crippen LogP contribution in [0.2, 0.25) is 5.02 Å². The van der Waals surface area contributed by atoms with E-state index in [0.717, 1.165) is 10.1 Å². The topological polar surface area (TPSA) is 20.2 Å². The fourth-order valence-corrected chi connectivity index (χ4v) is 3.85. The predicted octanol–water partition coefficient (Wildman–Crippen LogP) is 5.71. The SMILES string of the molecule is CC(O)(c1cc2ccccc2s1)c1ccc(Br)c(Cl)c1F. The highest BCUT2D eigenvalue weighted by Crippen LogP contribution is 2.40. The average molecular weight is 386 g/mol. The molecule has 0 saturated heterocycles. The second kappa shape index (κ2) is 5.36. The molecule has 0 radical (unpaired) electrons. The van der Waals surface area contributed by atoms with Gasteiger partial charge in [-0.1, -0.05) is 35.9 Å². The molecular formula is C16H11BrClFOS. The minimum Gasteiger partial charge on any atom is -0.380 e. The van der Waals surface area contributed by atoms with Crippen molar-refractivity contribution in [1.82, 2.24) is 0 Å². The van der Waals surface area contributed by atoms with Crippen LogP contribution in [0, 0.1) is 5.82 Å². The van der Waals surface area contributed by atoms with Crippen LogP contribution >= 0.6 is 38.9 Å². The van der Waals surface area contributed by atoms with Gasteiger partial charge in [0.1, 0.15) is 11.4 Å². The molecule has 0 aliphatic rings. The molecule has 0 bridgehead atoms. The van der Waals surface area contributed by atoms with Crippen molar-refractivity contribution in [2.45, 2.75) is 12.5 Å². The van der Waals surface area contributed by atoms with Gasteiger partial charge in [-0.2, -0.15) is 0 Å². The summed E-state index contributed by atoms with van der Waals surface area (Å²) in [5.41, 5.74) is -1.26. The van der Waals surface area contributed by atoms with E-state index in [1.54, 1.807) is 19.1 Å². The van der Waals surface area contributed by atoms with Crippen molar-refractivity contribution in [2.75, 3.05) is 0 Å². The maximum absolute atomic E-state index is 14.4. The Kier molecular flexibility index (Phi) is 3.82. The lowest BCUT2D eigenvalue weighted by atomic mass is 9.93. The van der Waals surface area contributed by atoms with Crippen LogP contribution in [0.3, 0.4) is 0 Å². The van der Waals surface area contributed by atoms with E-state index in [2.05, 4.69) is 15.9 Å². The fourth-order valence-electron chi connectivity index (χ4n) is 2.26. The molecule has 1 heterocycles. The number of hydrogen-bond donors (Lipinski definition) is 1. The Hall–Kier alpha value is -0.940. The van der Waals surface area contributed by atoms with E-state index < -0.39 is 11.4 Å². The molecule has 0 amide bonds.